The Balaban J connectivity index is 1.57. The van der Waals surface area contributed by atoms with Gasteiger partial charge < -0.3 is 14.8 Å². The predicted octanol–water partition coefficient (Wildman–Crippen LogP) is 2.17. The van der Waals surface area contributed by atoms with Crippen molar-refractivity contribution in [1.82, 2.24) is 10.2 Å². The van der Waals surface area contributed by atoms with Crippen molar-refractivity contribution in [1.29, 1.82) is 0 Å². The number of nitrogens with one attached hydrogen (secondary N) is 1. The Morgan fingerprint density at radius 1 is 1.26 bits per heavy atom. The van der Waals surface area contributed by atoms with Crippen LogP contribution in [0.15, 0.2) is 24.3 Å². The van der Waals surface area contributed by atoms with Crippen LogP contribution in [0.1, 0.15) is 61.2 Å². The molecule has 1 fully saturated rings. The predicted molar refractivity (Wildman–Crippen MR) is 97.8 cm³/mol. The third-order valence-electron chi connectivity index (χ3n) is 4.88. The highest BCUT2D eigenvalue weighted by Gasteiger charge is 2.46. The van der Waals surface area contributed by atoms with E-state index < -0.39 is 18.2 Å². The Hall–Kier alpha value is -2.41. The highest BCUT2D eigenvalue weighted by Crippen LogP contribution is 2.38. The number of amides is 2. The van der Waals surface area contributed by atoms with Crippen molar-refractivity contribution >= 4 is 17.8 Å². The molecule has 1 N–H and O–H groups in total. The van der Waals surface area contributed by atoms with Crippen molar-refractivity contribution in [3.63, 3.8) is 0 Å². The van der Waals surface area contributed by atoms with Crippen LogP contribution in [-0.4, -0.2) is 48.5 Å². The summed E-state index contributed by atoms with van der Waals surface area (Å²) in [6.45, 7) is 3.94. The number of unbranched alkanes of at least 4 members (excludes halogenated alkanes) is 1. The fourth-order valence-corrected chi connectivity index (χ4v) is 3.44. The number of hydrogen-bond acceptors (Lipinski definition) is 5. The lowest BCUT2D eigenvalue weighted by atomic mass is 10.1. The van der Waals surface area contributed by atoms with Gasteiger partial charge in [-0.25, -0.2) is 4.79 Å². The highest BCUT2D eigenvalue weighted by molar-refractivity contribution is 5.96. The van der Waals surface area contributed by atoms with Crippen molar-refractivity contribution in [2.75, 3.05) is 19.8 Å². The number of fused-ring (bicyclic) bond motifs is 1. The van der Waals surface area contributed by atoms with Crippen LogP contribution in [0.5, 0.6) is 0 Å². The first-order valence-electron chi connectivity index (χ1n) is 9.60. The highest BCUT2D eigenvalue weighted by atomic mass is 16.6. The maximum Gasteiger partial charge on any atom is 0.340 e. The molecule has 2 aliphatic rings. The zero-order valence-corrected chi connectivity index (χ0v) is 15.6. The Bertz CT molecular complexity index is 705. The average molecular weight is 374 g/mol. The summed E-state index contributed by atoms with van der Waals surface area (Å²) in [7, 11) is 0. The SMILES string of the molecule is CCCCOCCCNC(=O)[C@@H]1CCC(=O)N1[C@H]1OC(=O)c2ccccc21. The molecule has 0 bridgehead atoms. The third-order valence-corrected chi connectivity index (χ3v) is 4.88. The minimum absolute atomic E-state index is 0.174. The summed E-state index contributed by atoms with van der Waals surface area (Å²) >= 11 is 0. The van der Waals surface area contributed by atoms with Gasteiger partial charge in [-0.2, -0.15) is 0 Å². The van der Waals surface area contributed by atoms with E-state index in [0.717, 1.165) is 25.9 Å². The lowest BCUT2D eigenvalue weighted by Gasteiger charge is -2.29. The van der Waals surface area contributed by atoms with Gasteiger partial charge in [0.25, 0.3) is 0 Å². The number of carbonyl (C=O) groups excluding carboxylic acids is 3. The Morgan fingerprint density at radius 3 is 2.85 bits per heavy atom. The molecule has 0 aliphatic carbocycles. The van der Waals surface area contributed by atoms with Gasteiger partial charge in [0, 0.05) is 31.7 Å². The normalized spacial score (nSPS) is 21.3. The Kier molecular flexibility index (Phi) is 6.45. The van der Waals surface area contributed by atoms with E-state index in [2.05, 4.69) is 12.2 Å². The van der Waals surface area contributed by atoms with E-state index in [1.165, 1.54) is 4.90 Å². The molecule has 1 aromatic carbocycles. The van der Waals surface area contributed by atoms with Gasteiger partial charge in [0.2, 0.25) is 18.0 Å². The molecule has 0 unspecified atom stereocenters. The van der Waals surface area contributed by atoms with Crippen molar-refractivity contribution in [2.45, 2.75) is 51.3 Å². The van der Waals surface area contributed by atoms with Crippen LogP contribution in [0.25, 0.3) is 0 Å². The van der Waals surface area contributed by atoms with Gasteiger partial charge in [0.15, 0.2) is 0 Å². The molecular weight excluding hydrogens is 348 g/mol. The summed E-state index contributed by atoms with van der Waals surface area (Å²) in [6.07, 6.45) is 2.72. The van der Waals surface area contributed by atoms with Gasteiger partial charge in [-0.15, -0.1) is 0 Å². The second-order valence-corrected chi connectivity index (χ2v) is 6.81. The fraction of sp³-hybridized carbons (Fsp3) is 0.550. The second-order valence-electron chi connectivity index (χ2n) is 6.81. The van der Waals surface area contributed by atoms with E-state index in [1.807, 2.05) is 0 Å². The molecule has 2 heterocycles. The molecule has 7 nitrogen and oxygen atoms in total. The number of nitrogens with zero attached hydrogens (tertiary/aromatic N) is 1. The lowest BCUT2D eigenvalue weighted by Crippen LogP contribution is -2.46. The van der Waals surface area contributed by atoms with Crippen LogP contribution in [-0.2, 0) is 19.1 Å². The van der Waals surface area contributed by atoms with Crippen LogP contribution in [0.2, 0.25) is 0 Å². The molecule has 27 heavy (non-hydrogen) atoms. The zero-order valence-electron chi connectivity index (χ0n) is 15.6. The van der Waals surface area contributed by atoms with Gasteiger partial charge in [-0.1, -0.05) is 31.5 Å². The van der Waals surface area contributed by atoms with Crippen molar-refractivity contribution in [3.8, 4) is 0 Å². The molecule has 146 valence electrons. The fourth-order valence-electron chi connectivity index (χ4n) is 3.44. The first-order valence-corrected chi connectivity index (χ1v) is 9.60. The summed E-state index contributed by atoms with van der Waals surface area (Å²) in [5, 5.41) is 2.87. The number of ether oxygens (including phenoxy) is 2. The first kappa shape index (κ1) is 19.4. The van der Waals surface area contributed by atoms with Crippen molar-refractivity contribution in [3.05, 3.63) is 35.4 Å². The van der Waals surface area contributed by atoms with Crippen molar-refractivity contribution in [2.24, 2.45) is 0 Å². The molecule has 2 amide bonds. The van der Waals surface area contributed by atoms with Gasteiger partial charge >= 0.3 is 5.97 Å². The van der Waals surface area contributed by atoms with Crippen LogP contribution < -0.4 is 5.32 Å². The van der Waals surface area contributed by atoms with Crippen molar-refractivity contribution < 1.29 is 23.9 Å². The maximum atomic E-state index is 12.6. The number of likely N-dealkylation sites (tertiary alicyclic amines) is 1. The number of cyclic esters (lactones) is 1. The molecule has 0 saturated carbocycles. The quantitative estimate of drug-likeness (QED) is 0.529. The molecule has 2 atom stereocenters. The van der Waals surface area contributed by atoms with E-state index in [1.54, 1.807) is 24.3 Å². The molecule has 1 saturated heterocycles. The van der Waals surface area contributed by atoms with E-state index in [9.17, 15) is 14.4 Å². The van der Waals surface area contributed by atoms with Crippen LogP contribution in [0.4, 0.5) is 0 Å². The monoisotopic (exact) mass is 374 g/mol. The Morgan fingerprint density at radius 2 is 2.04 bits per heavy atom. The summed E-state index contributed by atoms with van der Waals surface area (Å²) < 4.78 is 10.9. The average Bonchev–Trinajstić information content (AvgIpc) is 3.21. The molecule has 2 aliphatic heterocycles. The van der Waals surface area contributed by atoms with E-state index in [-0.39, 0.29) is 18.2 Å². The number of esters is 1. The number of benzene rings is 1. The second kappa shape index (κ2) is 8.99. The summed E-state index contributed by atoms with van der Waals surface area (Å²) in [5.41, 5.74) is 1.09. The number of hydrogen-bond donors (Lipinski definition) is 1. The zero-order chi connectivity index (χ0) is 19.2. The van der Waals surface area contributed by atoms with Gasteiger partial charge in [-0.05, 0) is 25.3 Å². The van der Waals surface area contributed by atoms with Gasteiger partial charge in [0.05, 0.1) is 5.56 Å². The third kappa shape index (κ3) is 4.30. The first-order chi connectivity index (χ1) is 13.1. The summed E-state index contributed by atoms with van der Waals surface area (Å²) in [4.78, 5) is 38.5. The summed E-state index contributed by atoms with van der Waals surface area (Å²) in [6, 6.07) is 6.36. The minimum Gasteiger partial charge on any atom is -0.433 e. The molecular formula is C20H26N2O5. The van der Waals surface area contributed by atoms with Gasteiger partial charge in [0.1, 0.15) is 6.04 Å². The summed E-state index contributed by atoms with van der Waals surface area (Å²) in [5.74, 6) is -0.846. The van der Waals surface area contributed by atoms with Crippen LogP contribution in [0.3, 0.4) is 0 Å². The molecule has 0 radical (unpaired) electrons. The number of carbonyl (C=O) groups is 3. The van der Waals surface area contributed by atoms with E-state index >= 15 is 0 Å². The van der Waals surface area contributed by atoms with E-state index in [4.69, 9.17) is 9.47 Å². The van der Waals surface area contributed by atoms with E-state index in [0.29, 0.717) is 30.7 Å². The number of rotatable bonds is 9. The maximum absolute atomic E-state index is 12.6. The van der Waals surface area contributed by atoms with Gasteiger partial charge in [-0.3, -0.25) is 14.5 Å². The Labute approximate surface area is 159 Å². The lowest BCUT2D eigenvalue weighted by molar-refractivity contribution is -0.145. The molecule has 7 heteroatoms. The molecule has 3 rings (SSSR count). The molecule has 1 aromatic rings. The largest absolute Gasteiger partial charge is 0.433 e. The molecule has 0 aromatic heterocycles. The molecule has 0 spiro atoms. The minimum atomic E-state index is -0.822. The van der Waals surface area contributed by atoms with Crippen LogP contribution in [0, 0.1) is 0 Å². The standard InChI is InChI=1S/C20H26N2O5/c1-2-3-12-26-13-6-11-21-18(24)16-9-10-17(23)22(16)19-14-7-4-5-8-15(14)20(25)27-19/h4-5,7-8,16,19H,2-3,6,9-13H2,1H3,(H,21,24)/t16-,19-/m0/s1. The smallest absolute Gasteiger partial charge is 0.340 e. The van der Waals surface area contributed by atoms with Crippen LogP contribution >= 0.6 is 0 Å². The topological polar surface area (TPSA) is 84.9 Å².